The highest BCUT2D eigenvalue weighted by molar-refractivity contribution is 7.99. The summed E-state index contributed by atoms with van der Waals surface area (Å²) in [6.07, 6.45) is 0. The van der Waals surface area contributed by atoms with Gasteiger partial charge in [-0.1, -0.05) is 48.2 Å². The molecule has 7 nitrogen and oxygen atoms in total. The van der Waals surface area contributed by atoms with E-state index in [-0.39, 0.29) is 35.2 Å². The Labute approximate surface area is 203 Å². The van der Waals surface area contributed by atoms with Crippen LogP contribution in [0, 0.1) is 5.82 Å². The van der Waals surface area contributed by atoms with Gasteiger partial charge in [-0.15, -0.1) is 0 Å². The second-order valence-electron chi connectivity index (χ2n) is 7.73. The lowest BCUT2D eigenvalue weighted by Crippen LogP contribution is -2.24. The molecule has 1 N–H and O–H groups in total. The monoisotopic (exact) mass is 489 g/mol. The summed E-state index contributed by atoms with van der Waals surface area (Å²) >= 11 is 1.13. The van der Waals surface area contributed by atoms with Crippen LogP contribution < -0.4 is 15.6 Å². The van der Waals surface area contributed by atoms with Crippen LogP contribution in [0.3, 0.4) is 0 Å². The van der Waals surface area contributed by atoms with E-state index in [9.17, 15) is 14.0 Å². The number of nitrogens with zero attached hydrogens (tertiary/aromatic N) is 2. The Morgan fingerprint density at radius 3 is 2.63 bits per heavy atom. The summed E-state index contributed by atoms with van der Waals surface area (Å²) in [5.41, 5.74) is 2.02. The highest BCUT2D eigenvalue weighted by Crippen LogP contribution is 2.28. The minimum absolute atomic E-state index is 0.00912. The molecule has 0 atom stereocenters. The van der Waals surface area contributed by atoms with Crippen molar-refractivity contribution in [2.24, 2.45) is 0 Å². The van der Waals surface area contributed by atoms with Gasteiger partial charge < -0.3 is 14.5 Å². The number of thioether (sulfide) groups is 1. The van der Waals surface area contributed by atoms with Gasteiger partial charge in [0.2, 0.25) is 11.5 Å². The van der Waals surface area contributed by atoms with Crippen LogP contribution in [0.4, 0.5) is 10.1 Å². The first kappa shape index (κ1) is 22.7. The molecule has 0 bridgehead atoms. The molecular formula is C26H20FN3O4S. The average Bonchev–Trinajstić information content (AvgIpc) is 3.25. The number of amides is 1. The Hall–Kier alpha value is -4.11. The van der Waals surface area contributed by atoms with Gasteiger partial charge in [-0.2, -0.15) is 0 Å². The molecule has 0 saturated heterocycles. The van der Waals surface area contributed by atoms with Gasteiger partial charge in [-0.25, -0.2) is 9.37 Å². The van der Waals surface area contributed by atoms with E-state index in [0.717, 1.165) is 11.8 Å². The molecule has 0 aliphatic heterocycles. The molecule has 5 rings (SSSR count). The van der Waals surface area contributed by atoms with Crippen LogP contribution in [0.5, 0.6) is 5.75 Å². The molecule has 0 unspecified atom stereocenters. The van der Waals surface area contributed by atoms with Crippen LogP contribution in [0.1, 0.15) is 5.56 Å². The molecule has 0 spiro atoms. The molecule has 0 radical (unpaired) electrons. The van der Waals surface area contributed by atoms with Gasteiger partial charge in [0.05, 0.1) is 25.1 Å². The van der Waals surface area contributed by atoms with Gasteiger partial charge in [0.15, 0.2) is 5.16 Å². The SMILES string of the molecule is COc1ccccc1NC(=O)CSc1nc2c(oc3ccccc32)c(=O)n1Cc1ccc(F)cc1. The molecule has 1 amide bonds. The van der Waals surface area contributed by atoms with Crippen LogP contribution in [-0.2, 0) is 11.3 Å². The first-order valence-corrected chi connectivity index (χ1v) is 11.7. The Morgan fingerprint density at radius 2 is 1.83 bits per heavy atom. The summed E-state index contributed by atoms with van der Waals surface area (Å²) in [4.78, 5) is 30.8. The summed E-state index contributed by atoms with van der Waals surface area (Å²) in [5, 5.41) is 3.90. The smallest absolute Gasteiger partial charge is 0.298 e. The number of ether oxygens (including phenoxy) is 1. The third-order valence-corrected chi connectivity index (χ3v) is 6.39. The van der Waals surface area contributed by atoms with Crippen molar-refractivity contribution in [3.8, 4) is 5.75 Å². The highest BCUT2D eigenvalue weighted by atomic mass is 32.2. The summed E-state index contributed by atoms with van der Waals surface area (Å²) < 4.78 is 25.9. The topological polar surface area (TPSA) is 86.4 Å². The van der Waals surface area contributed by atoms with Gasteiger partial charge in [-0.05, 0) is 42.0 Å². The molecule has 2 aromatic heterocycles. The molecule has 2 heterocycles. The summed E-state index contributed by atoms with van der Waals surface area (Å²) in [5.74, 6) is -0.0906. The number of rotatable bonds is 7. The van der Waals surface area contributed by atoms with Crippen molar-refractivity contribution in [1.82, 2.24) is 9.55 Å². The fourth-order valence-corrected chi connectivity index (χ4v) is 4.53. The highest BCUT2D eigenvalue weighted by Gasteiger charge is 2.19. The minimum Gasteiger partial charge on any atom is -0.495 e. The number of hydrogen-bond acceptors (Lipinski definition) is 6. The number of fused-ring (bicyclic) bond motifs is 3. The van der Waals surface area contributed by atoms with Crippen molar-refractivity contribution in [2.45, 2.75) is 11.7 Å². The summed E-state index contributed by atoms with van der Waals surface area (Å²) in [6.45, 7) is 0.148. The van der Waals surface area contributed by atoms with Gasteiger partial charge in [0.25, 0.3) is 5.56 Å². The van der Waals surface area contributed by atoms with E-state index in [2.05, 4.69) is 5.32 Å². The van der Waals surface area contributed by atoms with Crippen LogP contribution in [0.25, 0.3) is 22.1 Å². The number of carbonyl (C=O) groups is 1. The van der Waals surface area contributed by atoms with E-state index in [1.165, 1.54) is 23.8 Å². The maximum absolute atomic E-state index is 13.4. The van der Waals surface area contributed by atoms with Crippen LogP contribution in [0.15, 0.2) is 87.2 Å². The minimum atomic E-state index is -0.372. The molecule has 35 heavy (non-hydrogen) atoms. The van der Waals surface area contributed by atoms with Gasteiger partial charge in [-0.3, -0.25) is 14.2 Å². The van der Waals surface area contributed by atoms with Gasteiger partial charge in [0.1, 0.15) is 22.7 Å². The zero-order valence-corrected chi connectivity index (χ0v) is 19.5. The van der Waals surface area contributed by atoms with Crippen LogP contribution in [0.2, 0.25) is 0 Å². The number of furan rings is 1. The number of aromatic nitrogens is 2. The number of anilines is 1. The largest absolute Gasteiger partial charge is 0.495 e. The molecule has 9 heteroatoms. The van der Waals surface area contributed by atoms with Gasteiger partial charge in [0, 0.05) is 5.39 Å². The predicted molar refractivity (Wildman–Crippen MR) is 134 cm³/mol. The molecule has 3 aromatic carbocycles. The number of halogens is 1. The Kier molecular flexibility index (Phi) is 6.24. The maximum Gasteiger partial charge on any atom is 0.298 e. The third kappa shape index (κ3) is 4.63. The van der Waals surface area contributed by atoms with Crippen LogP contribution in [-0.4, -0.2) is 28.3 Å². The number of para-hydroxylation sites is 3. The fraction of sp³-hybridized carbons (Fsp3) is 0.115. The number of hydrogen-bond donors (Lipinski definition) is 1. The number of nitrogens with one attached hydrogen (secondary N) is 1. The average molecular weight is 490 g/mol. The van der Waals surface area contributed by atoms with Crippen molar-refractivity contribution in [3.05, 3.63) is 94.5 Å². The lowest BCUT2D eigenvalue weighted by molar-refractivity contribution is -0.113. The molecular weight excluding hydrogens is 469 g/mol. The third-order valence-electron chi connectivity index (χ3n) is 5.41. The number of benzene rings is 3. The summed E-state index contributed by atoms with van der Waals surface area (Å²) in [7, 11) is 1.53. The second-order valence-corrected chi connectivity index (χ2v) is 8.67. The predicted octanol–water partition coefficient (Wildman–Crippen LogP) is 5.07. The van der Waals surface area contributed by atoms with E-state index in [0.29, 0.717) is 38.6 Å². The molecule has 176 valence electrons. The molecule has 0 saturated carbocycles. The Bertz CT molecular complexity index is 1590. The van der Waals surface area contributed by atoms with Crippen molar-refractivity contribution in [2.75, 3.05) is 18.2 Å². The van der Waals surface area contributed by atoms with E-state index >= 15 is 0 Å². The fourth-order valence-electron chi connectivity index (χ4n) is 3.74. The summed E-state index contributed by atoms with van der Waals surface area (Å²) in [6, 6.07) is 20.3. The normalized spacial score (nSPS) is 11.1. The van der Waals surface area contributed by atoms with Crippen molar-refractivity contribution in [1.29, 1.82) is 0 Å². The number of methoxy groups -OCH3 is 1. The van der Waals surface area contributed by atoms with E-state index in [1.807, 2.05) is 24.3 Å². The van der Waals surface area contributed by atoms with Crippen molar-refractivity contribution < 1.29 is 18.3 Å². The number of carbonyl (C=O) groups excluding carboxylic acids is 1. The Balaban J connectivity index is 1.50. The molecule has 0 aliphatic carbocycles. The van der Waals surface area contributed by atoms with Crippen molar-refractivity contribution in [3.63, 3.8) is 0 Å². The van der Waals surface area contributed by atoms with Gasteiger partial charge >= 0.3 is 0 Å². The molecule has 0 aliphatic rings. The zero-order chi connectivity index (χ0) is 24.4. The van der Waals surface area contributed by atoms with E-state index in [4.69, 9.17) is 14.1 Å². The molecule has 0 fully saturated rings. The maximum atomic E-state index is 13.4. The second kappa shape index (κ2) is 9.63. The van der Waals surface area contributed by atoms with E-state index in [1.54, 1.807) is 36.4 Å². The Morgan fingerprint density at radius 1 is 1.09 bits per heavy atom. The zero-order valence-electron chi connectivity index (χ0n) is 18.7. The molecule has 5 aromatic rings. The van der Waals surface area contributed by atoms with Crippen LogP contribution >= 0.6 is 11.8 Å². The first-order chi connectivity index (χ1) is 17.0. The first-order valence-electron chi connectivity index (χ1n) is 10.8. The standard InChI is InChI=1S/C26H20FN3O4S/c1-33-21-9-5-3-7-19(21)28-22(31)15-35-26-29-23-18-6-2-4-8-20(18)34-24(23)25(32)30(26)14-16-10-12-17(27)13-11-16/h2-13H,14-15H2,1H3,(H,28,31). The quantitative estimate of drug-likeness (QED) is 0.254. The van der Waals surface area contributed by atoms with E-state index < -0.39 is 0 Å². The lowest BCUT2D eigenvalue weighted by atomic mass is 10.2. The van der Waals surface area contributed by atoms with Crippen molar-refractivity contribution >= 4 is 45.4 Å². The lowest BCUT2D eigenvalue weighted by Gasteiger charge is -2.13.